The molecule has 5 nitrogen and oxygen atoms in total. The first-order valence-corrected chi connectivity index (χ1v) is 6.61. The molecule has 0 fully saturated rings. The van der Waals surface area contributed by atoms with E-state index in [1.807, 2.05) is 24.9 Å². The summed E-state index contributed by atoms with van der Waals surface area (Å²) in [6.07, 6.45) is 0.0901. The molecule has 0 aliphatic heterocycles. The van der Waals surface area contributed by atoms with Gasteiger partial charge < -0.3 is 14.7 Å². The maximum atomic E-state index is 11.4. The summed E-state index contributed by atoms with van der Waals surface area (Å²) in [5.74, 6) is -0.0819. The Hall–Kier alpha value is -1.88. The highest BCUT2D eigenvalue weighted by Crippen LogP contribution is 2.22. The van der Waals surface area contributed by atoms with Crippen LogP contribution in [-0.4, -0.2) is 42.0 Å². The SMILES string of the molecule is CCOc1ccc(C(C)=O)cc1CN(C)CCC(=O)O. The summed E-state index contributed by atoms with van der Waals surface area (Å²) in [5, 5.41) is 8.69. The van der Waals surface area contributed by atoms with E-state index >= 15 is 0 Å². The van der Waals surface area contributed by atoms with Gasteiger partial charge in [0.05, 0.1) is 13.0 Å². The van der Waals surface area contributed by atoms with E-state index in [1.54, 1.807) is 12.1 Å². The van der Waals surface area contributed by atoms with Crippen LogP contribution < -0.4 is 4.74 Å². The first-order chi connectivity index (χ1) is 9.43. The number of hydrogen-bond acceptors (Lipinski definition) is 4. The van der Waals surface area contributed by atoms with Gasteiger partial charge in [0.15, 0.2) is 5.78 Å². The number of nitrogens with zero attached hydrogens (tertiary/aromatic N) is 1. The molecule has 0 spiro atoms. The lowest BCUT2D eigenvalue weighted by molar-refractivity contribution is -0.137. The quantitative estimate of drug-likeness (QED) is 0.739. The van der Waals surface area contributed by atoms with Gasteiger partial charge in [0.1, 0.15) is 5.75 Å². The standard InChI is InChI=1S/C15H21NO4/c1-4-20-14-6-5-12(11(2)17)9-13(14)10-16(3)8-7-15(18)19/h5-6,9H,4,7-8,10H2,1-3H3,(H,18,19). The molecule has 1 aromatic rings. The number of rotatable bonds is 8. The molecule has 1 aromatic carbocycles. The van der Waals surface area contributed by atoms with Gasteiger partial charge in [-0.25, -0.2) is 0 Å². The van der Waals surface area contributed by atoms with Crippen LogP contribution in [0.3, 0.4) is 0 Å². The van der Waals surface area contributed by atoms with Crippen LogP contribution >= 0.6 is 0 Å². The van der Waals surface area contributed by atoms with Crippen molar-refractivity contribution in [2.45, 2.75) is 26.8 Å². The minimum Gasteiger partial charge on any atom is -0.494 e. The van der Waals surface area contributed by atoms with Gasteiger partial charge in [-0.2, -0.15) is 0 Å². The zero-order valence-corrected chi connectivity index (χ0v) is 12.2. The minimum absolute atomic E-state index is 0.00230. The molecule has 0 atom stereocenters. The Morgan fingerprint density at radius 2 is 2.05 bits per heavy atom. The van der Waals surface area contributed by atoms with Crippen molar-refractivity contribution in [2.75, 3.05) is 20.2 Å². The molecule has 1 N–H and O–H groups in total. The molecular formula is C15H21NO4. The number of carbonyl (C=O) groups excluding carboxylic acids is 1. The molecule has 0 bridgehead atoms. The van der Waals surface area contributed by atoms with E-state index in [4.69, 9.17) is 9.84 Å². The van der Waals surface area contributed by atoms with Gasteiger partial charge in [0, 0.05) is 24.2 Å². The second-order valence-electron chi connectivity index (χ2n) is 4.69. The first kappa shape index (κ1) is 16.2. The summed E-state index contributed by atoms with van der Waals surface area (Å²) in [6.45, 7) is 4.96. The van der Waals surface area contributed by atoms with E-state index in [0.717, 1.165) is 11.3 Å². The second-order valence-corrected chi connectivity index (χ2v) is 4.69. The molecule has 5 heteroatoms. The molecule has 0 radical (unpaired) electrons. The minimum atomic E-state index is -0.820. The number of Topliss-reactive ketones (excluding diaryl/α,β-unsaturated/α-hetero) is 1. The summed E-state index contributed by atoms with van der Waals surface area (Å²) in [5.41, 5.74) is 1.53. The van der Waals surface area contributed by atoms with Crippen molar-refractivity contribution in [1.82, 2.24) is 4.90 Å². The largest absolute Gasteiger partial charge is 0.494 e. The maximum Gasteiger partial charge on any atom is 0.304 e. The molecule has 0 unspecified atom stereocenters. The molecule has 110 valence electrons. The van der Waals surface area contributed by atoms with Crippen LogP contribution in [0.5, 0.6) is 5.75 Å². The molecule has 1 rings (SSSR count). The summed E-state index contributed by atoms with van der Waals surface area (Å²) in [7, 11) is 1.85. The van der Waals surface area contributed by atoms with E-state index in [1.165, 1.54) is 6.92 Å². The fourth-order valence-electron chi connectivity index (χ4n) is 1.87. The van der Waals surface area contributed by atoms with Crippen LogP contribution in [0, 0.1) is 0 Å². The molecule has 0 aromatic heterocycles. The smallest absolute Gasteiger partial charge is 0.304 e. The van der Waals surface area contributed by atoms with Crippen LogP contribution in [0.1, 0.15) is 36.2 Å². The number of aliphatic carboxylic acids is 1. The van der Waals surface area contributed by atoms with E-state index in [2.05, 4.69) is 0 Å². The van der Waals surface area contributed by atoms with E-state index < -0.39 is 5.97 Å². The van der Waals surface area contributed by atoms with Crippen LogP contribution in [0.25, 0.3) is 0 Å². The lowest BCUT2D eigenvalue weighted by Gasteiger charge is -2.18. The second kappa shape index (κ2) is 7.65. The molecule has 0 amide bonds. The monoisotopic (exact) mass is 279 g/mol. The van der Waals surface area contributed by atoms with Gasteiger partial charge in [0.25, 0.3) is 0 Å². The number of ketones is 1. The van der Waals surface area contributed by atoms with E-state index in [9.17, 15) is 9.59 Å². The summed E-state index contributed by atoms with van der Waals surface area (Å²) in [6, 6.07) is 5.35. The Kier molecular flexibility index (Phi) is 6.18. The van der Waals surface area contributed by atoms with Crippen LogP contribution in [-0.2, 0) is 11.3 Å². The van der Waals surface area contributed by atoms with Crippen molar-refractivity contribution in [3.05, 3.63) is 29.3 Å². The molecule has 0 heterocycles. The molecule has 0 saturated heterocycles. The van der Waals surface area contributed by atoms with Gasteiger partial charge >= 0.3 is 5.97 Å². The normalized spacial score (nSPS) is 10.6. The highest BCUT2D eigenvalue weighted by Gasteiger charge is 2.11. The van der Waals surface area contributed by atoms with Crippen LogP contribution in [0.15, 0.2) is 18.2 Å². The number of carboxylic acids is 1. The summed E-state index contributed by atoms with van der Waals surface area (Å²) >= 11 is 0. The Morgan fingerprint density at radius 1 is 1.35 bits per heavy atom. The predicted molar refractivity (Wildman–Crippen MR) is 76.2 cm³/mol. The summed E-state index contributed by atoms with van der Waals surface area (Å²) < 4.78 is 5.54. The van der Waals surface area contributed by atoms with Gasteiger partial charge in [-0.1, -0.05) is 0 Å². The third-order valence-corrected chi connectivity index (χ3v) is 2.91. The lowest BCUT2D eigenvalue weighted by atomic mass is 10.1. The topological polar surface area (TPSA) is 66.8 Å². The Labute approximate surface area is 119 Å². The fourth-order valence-corrected chi connectivity index (χ4v) is 1.87. The number of ether oxygens (including phenoxy) is 1. The predicted octanol–water partition coefficient (Wildman–Crippen LogP) is 2.19. The molecule has 0 saturated carbocycles. The number of carboxylic acid groups (broad SMARTS) is 1. The highest BCUT2D eigenvalue weighted by molar-refractivity contribution is 5.94. The average Bonchev–Trinajstić information content (AvgIpc) is 2.38. The molecule has 0 aliphatic carbocycles. The van der Waals surface area contributed by atoms with Crippen molar-refractivity contribution >= 4 is 11.8 Å². The number of carbonyl (C=O) groups is 2. The summed E-state index contributed by atoms with van der Waals surface area (Å²) in [4.78, 5) is 23.9. The molecular weight excluding hydrogens is 258 g/mol. The van der Waals surface area contributed by atoms with Crippen molar-refractivity contribution in [3.63, 3.8) is 0 Å². The van der Waals surface area contributed by atoms with Crippen LogP contribution in [0.4, 0.5) is 0 Å². The molecule has 20 heavy (non-hydrogen) atoms. The van der Waals surface area contributed by atoms with Crippen molar-refractivity contribution in [3.8, 4) is 5.75 Å². The third kappa shape index (κ3) is 5.01. The van der Waals surface area contributed by atoms with Gasteiger partial charge in [0.2, 0.25) is 0 Å². The van der Waals surface area contributed by atoms with Crippen molar-refractivity contribution in [2.24, 2.45) is 0 Å². The Morgan fingerprint density at radius 3 is 2.60 bits per heavy atom. The first-order valence-electron chi connectivity index (χ1n) is 6.61. The zero-order chi connectivity index (χ0) is 15.1. The van der Waals surface area contributed by atoms with Gasteiger partial charge in [-0.15, -0.1) is 0 Å². The van der Waals surface area contributed by atoms with E-state index in [-0.39, 0.29) is 12.2 Å². The fraction of sp³-hybridized carbons (Fsp3) is 0.467. The zero-order valence-electron chi connectivity index (χ0n) is 12.2. The Bertz CT molecular complexity index is 485. The molecule has 0 aliphatic rings. The number of hydrogen-bond donors (Lipinski definition) is 1. The maximum absolute atomic E-state index is 11.4. The van der Waals surface area contributed by atoms with Gasteiger partial charge in [-0.05, 0) is 39.1 Å². The van der Waals surface area contributed by atoms with Crippen molar-refractivity contribution < 1.29 is 19.4 Å². The van der Waals surface area contributed by atoms with Crippen molar-refractivity contribution in [1.29, 1.82) is 0 Å². The lowest BCUT2D eigenvalue weighted by Crippen LogP contribution is -2.22. The third-order valence-electron chi connectivity index (χ3n) is 2.91. The number of benzene rings is 1. The van der Waals surface area contributed by atoms with E-state index in [0.29, 0.717) is 25.3 Å². The Balaban J connectivity index is 2.86. The average molecular weight is 279 g/mol. The van der Waals surface area contributed by atoms with Gasteiger partial charge in [-0.3, -0.25) is 9.59 Å². The van der Waals surface area contributed by atoms with Crippen LogP contribution in [0.2, 0.25) is 0 Å². The highest BCUT2D eigenvalue weighted by atomic mass is 16.5.